The summed E-state index contributed by atoms with van der Waals surface area (Å²) < 4.78 is 0.786. The van der Waals surface area contributed by atoms with Gasteiger partial charge in [0.1, 0.15) is 0 Å². The van der Waals surface area contributed by atoms with Gasteiger partial charge in [-0.15, -0.1) is 0 Å². The van der Waals surface area contributed by atoms with Crippen molar-refractivity contribution in [2.45, 2.75) is 26.7 Å². The molecule has 0 aromatic heterocycles. The molecule has 1 aliphatic rings. The Kier molecular flexibility index (Phi) is 4.18. The second-order valence-corrected chi connectivity index (χ2v) is 6.15. The van der Waals surface area contributed by atoms with Crippen LogP contribution in [0.5, 0.6) is 0 Å². The van der Waals surface area contributed by atoms with E-state index in [4.69, 9.17) is 0 Å². The summed E-state index contributed by atoms with van der Waals surface area (Å²) in [4.78, 5) is 25.6. The molecule has 1 saturated heterocycles. The van der Waals surface area contributed by atoms with Crippen molar-refractivity contribution >= 4 is 27.8 Å². The maximum atomic E-state index is 12.5. The van der Waals surface area contributed by atoms with Gasteiger partial charge in [0.15, 0.2) is 0 Å². The molecule has 0 saturated carbocycles. The molecule has 1 aromatic carbocycles. The van der Waals surface area contributed by atoms with E-state index in [0.29, 0.717) is 24.9 Å². The highest BCUT2D eigenvalue weighted by Gasteiger charge is 2.45. The quantitative estimate of drug-likeness (QED) is 0.920. The summed E-state index contributed by atoms with van der Waals surface area (Å²) in [5, 5.41) is 9.39. The minimum atomic E-state index is -0.807. The number of carbonyl (C=O) groups excluding carboxylic acids is 1. The Balaban J connectivity index is 2.24. The predicted molar refractivity (Wildman–Crippen MR) is 79.8 cm³/mol. The van der Waals surface area contributed by atoms with Crippen LogP contribution >= 0.6 is 15.9 Å². The standard InChI is InChI=1S/C15H18BrNO3/c1-3-15(14(19)20)7-8-17(9-15)13(18)11-6-4-5-10(2)12(11)16/h4-6H,3,7-9H2,1-2H3,(H,19,20). The maximum absolute atomic E-state index is 12.5. The van der Waals surface area contributed by atoms with Crippen LogP contribution in [-0.4, -0.2) is 35.0 Å². The number of carbonyl (C=O) groups is 2. The summed E-state index contributed by atoms with van der Waals surface area (Å²) in [6, 6.07) is 5.54. The first-order valence-electron chi connectivity index (χ1n) is 6.69. The highest BCUT2D eigenvalue weighted by atomic mass is 79.9. The molecular formula is C15H18BrNO3. The zero-order valence-corrected chi connectivity index (χ0v) is 13.2. The summed E-state index contributed by atoms with van der Waals surface area (Å²) >= 11 is 3.44. The number of amides is 1. The molecule has 0 bridgehead atoms. The molecule has 1 aromatic rings. The number of rotatable bonds is 3. The molecule has 1 fully saturated rings. The van der Waals surface area contributed by atoms with E-state index in [2.05, 4.69) is 15.9 Å². The first-order valence-corrected chi connectivity index (χ1v) is 7.48. The topological polar surface area (TPSA) is 57.6 Å². The largest absolute Gasteiger partial charge is 0.481 e. The number of aliphatic carboxylic acids is 1. The van der Waals surface area contributed by atoms with Crippen LogP contribution < -0.4 is 0 Å². The average Bonchev–Trinajstić information content (AvgIpc) is 2.87. The number of carboxylic acids is 1. The Morgan fingerprint density at radius 1 is 1.45 bits per heavy atom. The summed E-state index contributed by atoms with van der Waals surface area (Å²) in [7, 11) is 0. The second kappa shape index (κ2) is 5.56. The van der Waals surface area contributed by atoms with Gasteiger partial charge in [-0.2, -0.15) is 0 Å². The zero-order valence-electron chi connectivity index (χ0n) is 11.6. The molecule has 5 heteroatoms. The molecule has 1 heterocycles. The third-order valence-corrected chi connectivity index (χ3v) is 5.25. The smallest absolute Gasteiger partial charge is 0.311 e. The van der Waals surface area contributed by atoms with Crippen LogP contribution in [0.25, 0.3) is 0 Å². The van der Waals surface area contributed by atoms with Gasteiger partial charge < -0.3 is 10.0 Å². The lowest BCUT2D eigenvalue weighted by atomic mass is 9.84. The van der Waals surface area contributed by atoms with Gasteiger partial charge in [-0.3, -0.25) is 9.59 Å². The van der Waals surface area contributed by atoms with Crippen molar-refractivity contribution in [1.29, 1.82) is 0 Å². The summed E-state index contributed by atoms with van der Waals surface area (Å²) in [5.41, 5.74) is 0.809. The SMILES string of the molecule is CCC1(C(=O)O)CCN(C(=O)c2cccc(C)c2Br)C1. The van der Waals surface area contributed by atoms with Gasteiger partial charge in [-0.05, 0) is 47.3 Å². The second-order valence-electron chi connectivity index (χ2n) is 5.35. The fourth-order valence-electron chi connectivity index (χ4n) is 2.64. The van der Waals surface area contributed by atoms with Crippen LogP contribution in [0.2, 0.25) is 0 Å². The molecule has 1 N–H and O–H groups in total. The number of benzene rings is 1. The predicted octanol–water partition coefficient (Wildman–Crippen LogP) is 3.08. The van der Waals surface area contributed by atoms with Gasteiger partial charge in [0, 0.05) is 17.6 Å². The van der Waals surface area contributed by atoms with Crippen LogP contribution in [0.15, 0.2) is 22.7 Å². The minimum Gasteiger partial charge on any atom is -0.481 e. The van der Waals surface area contributed by atoms with Crippen molar-refractivity contribution in [3.63, 3.8) is 0 Å². The van der Waals surface area contributed by atoms with Crippen molar-refractivity contribution < 1.29 is 14.7 Å². The Morgan fingerprint density at radius 2 is 2.15 bits per heavy atom. The van der Waals surface area contributed by atoms with Gasteiger partial charge in [-0.1, -0.05) is 19.1 Å². The monoisotopic (exact) mass is 339 g/mol. The van der Waals surface area contributed by atoms with E-state index in [1.54, 1.807) is 11.0 Å². The number of halogens is 1. The summed E-state index contributed by atoms with van der Waals surface area (Å²) in [6.45, 7) is 4.58. The third kappa shape index (κ3) is 2.46. The molecule has 1 atom stereocenters. The average molecular weight is 340 g/mol. The fourth-order valence-corrected chi connectivity index (χ4v) is 3.08. The van der Waals surface area contributed by atoms with Crippen molar-refractivity contribution in [2.24, 2.45) is 5.41 Å². The number of aryl methyl sites for hydroxylation is 1. The van der Waals surface area contributed by atoms with Gasteiger partial charge >= 0.3 is 5.97 Å². The molecule has 1 amide bonds. The molecule has 2 rings (SSSR count). The van der Waals surface area contributed by atoms with E-state index < -0.39 is 11.4 Å². The summed E-state index contributed by atoms with van der Waals surface area (Å²) in [5.74, 6) is -0.907. The number of nitrogens with zero attached hydrogens (tertiary/aromatic N) is 1. The lowest BCUT2D eigenvalue weighted by molar-refractivity contribution is -0.148. The molecule has 4 nitrogen and oxygen atoms in total. The molecule has 0 radical (unpaired) electrons. The molecule has 1 unspecified atom stereocenters. The number of carboxylic acid groups (broad SMARTS) is 1. The van der Waals surface area contributed by atoms with Gasteiger partial charge in [0.05, 0.1) is 11.0 Å². The Labute approximate surface area is 126 Å². The van der Waals surface area contributed by atoms with E-state index in [1.807, 2.05) is 26.0 Å². The van der Waals surface area contributed by atoms with Crippen LogP contribution in [0, 0.1) is 12.3 Å². The normalized spacial score (nSPS) is 22.1. The van der Waals surface area contributed by atoms with Gasteiger partial charge in [0.25, 0.3) is 5.91 Å². The Morgan fingerprint density at radius 3 is 2.70 bits per heavy atom. The van der Waals surface area contributed by atoms with Crippen LogP contribution in [0.3, 0.4) is 0 Å². The van der Waals surface area contributed by atoms with Crippen LogP contribution in [0.4, 0.5) is 0 Å². The van der Waals surface area contributed by atoms with Gasteiger partial charge in [-0.25, -0.2) is 0 Å². The minimum absolute atomic E-state index is 0.0999. The van der Waals surface area contributed by atoms with Gasteiger partial charge in [0.2, 0.25) is 0 Å². The molecular weight excluding hydrogens is 322 g/mol. The van der Waals surface area contributed by atoms with E-state index in [1.165, 1.54) is 0 Å². The summed E-state index contributed by atoms with van der Waals surface area (Å²) in [6.07, 6.45) is 1.06. The van der Waals surface area contributed by atoms with Crippen LogP contribution in [0.1, 0.15) is 35.7 Å². The maximum Gasteiger partial charge on any atom is 0.311 e. The van der Waals surface area contributed by atoms with Crippen molar-refractivity contribution in [3.05, 3.63) is 33.8 Å². The van der Waals surface area contributed by atoms with Crippen molar-refractivity contribution in [2.75, 3.05) is 13.1 Å². The first kappa shape index (κ1) is 15.0. The lowest BCUT2D eigenvalue weighted by Gasteiger charge is -2.23. The number of likely N-dealkylation sites (tertiary alicyclic amines) is 1. The lowest BCUT2D eigenvalue weighted by Crippen LogP contribution is -2.36. The molecule has 0 aliphatic carbocycles. The molecule has 20 heavy (non-hydrogen) atoms. The highest BCUT2D eigenvalue weighted by Crippen LogP contribution is 2.35. The van der Waals surface area contributed by atoms with E-state index >= 15 is 0 Å². The zero-order chi connectivity index (χ0) is 14.9. The molecule has 108 valence electrons. The van der Waals surface area contributed by atoms with E-state index in [0.717, 1.165) is 10.0 Å². The number of hydrogen-bond acceptors (Lipinski definition) is 2. The third-order valence-electron chi connectivity index (χ3n) is 4.19. The molecule has 0 spiro atoms. The van der Waals surface area contributed by atoms with Crippen molar-refractivity contribution in [3.8, 4) is 0 Å². The van der Waals surface area contributed by atoms with E-state index in [-0.39, 0.29) is 12.5 Å². The first-order chi connectivity index (χ1) is 9.41. The number of hydrogen-bond donors (Lipinski definition) is 1. The highest BCUT2D eigenvalue weighted by molar-refractivity contribution is 9.10. The van der Waals surface area contributed by atoms with Crippen molar-refractivity contribution in [1.82, 2.24) is 4.90 Å². The Bertz CT molecular complexity index is 558. The Hall–Kier alpha value is -1.36. The molecule has 1 aliphatic heterocycles. The fraction of sp³-hybridized carbons (Fsp3) is 0.467. The van der Waals surface area contributed by atoms with Crippen LogP contribution in [-0.2, 0) is 4.79 Å². The van der Waals surface area contributed by atoms with E-state index in [9.17, 15) is 14.7 Å².